The number of hydrogen-bond acceptors (Lipinski definition) is 2. The molecule has 0 aromatic heterocycles. The molecule has 0 saturated carbocycles. The van der Waals surface area contributed by atoms with Gasteiger partial charge in [-0.2, -0.15) is 0 Å². The van der Waals surface area contributed by atoms with E-state index in [-0.39, 0.29) is 0 Å². The molecule has 2 atom stereocenters. The van der Waals surface area contributed by atoms with Crippen molar-refractivity contribution in [1.82, 2.24) is 0 Å². The first-order chi connectivity index (χ1) is 10.1. The lowest BCUT2D eigenvalue weighted by Gasteiger charge is -2.31. The van der Waals surface area contributed by atoms with Crippen molar-refractivity contribution in [3.63, 3.8) is 0 Å². The largest absolute Gasteiger partial charge is 0.375 e. The maximum Gasteiger partial charge on any atom is 0.101 e. The number of ether oxygens (including phenoxy) is 1. The molecular weight excluding hydrogens is 302 g/mol. The van der Waals surface area contributed by atoms with E-state index in [1.54, 1.807) is 4.90 Å². The van der Waals surface area contributed by atoms with E-state index in [0.717, 1.165) is 42.4 Å². The van der Waals surface area contributed by atoms with Gasteiger partial charge in [-0.3, -0.25) is 0 Å². The van der Waals surface area contributed by atoms with Crippen molar-refractivity contribution < 1.29 is 9.64 Å². The number of halogens is 1. The first-order valence-corrected chi connectivity index (χ1v) is 9.29. The predicted octanol–water partition coefficient (Wildman–Crippen LogP) is 3.01. The van der Waals surface area contributed by atoms with Crippen LogP contribution in [0.2, 0.25) is 5.02 Å². The van der Waals surface area contributed by atoms with Gasteiger partial charge < -0.3 is 9.64 Å². The van der Waals surface area contributed by atoms with Crippen LogP contribution in [-0.4, -0.2) is 38.6 Å². The lowest BCUT2D eigenvalue weighted by Crippen LogP contribution is -3.14. The lowest BCUT2D eigenvalue weighted by molar-refractivity contribution is -0.912. The number of nitrogens with one attached hydrogen (secondary N) is 1. The van der Waals surface area contributed by atoms with Crippen LogP contribution in [0.3, 0.4) is 0 Å². The van der Waals surface area contributed by atoms with Crippen LogP contribution in [0, 0.1) is 11.8 Å². The van der Waals surface area contributed by atoms with Crippen LogP contribution in [0.15, 0.2) is 29.2 Å². The molecule has 0 radical (unpaired) electrons. The van der Waals surface area contributed by atoms with Gasteiger partial charge in [0.05, 0.1) is 26.3 Å². The molecule has 1 aliphatic heterocycles. The molecule has 2 rings (SSSR count). The van der Waals surface area contributed by atoms with Gasteiger partial charge in [0.25, 0.3) is 0 Å². The first kappa shape index (κ1) is 17.1. The molecule has 21 heavy (non-hydrogen) atoms. The summed E-state index contributed by atoms with van der Waals surface area (Å²) >= 11 is 7.70. The zero-order valence-electron chi connectivity index (χ0n) is 13.1. The third-order valence-electron chi connectivity index (χ3n) is 3.99. The van der Waals surface area contributed by atoms with Crippen molar-refractivity contribution in [2.45, 2.75) is 25.2 Å². The predicted molar refractivity (Wildman–Crippen MR) is 91.5 cm³/mol. The van der Waals surface area contributed by atoms with E-state index < -0.39 is 0 Å². The second-order valence-corrected chi connectivity index (χ2v) is 7.87. The van der Waals surface area contributed by atoms with Crippen LogP contribution in [0.25, 0.3) is 0 Å². The number of benzene rings is 1. The molecule has 0 unspecified atom stereocenters. The topological polar surface area (TPSA) is 13.7 Å². The molecule has 4 heteroatoms. The molecule has 1 saturated heterocycles. The fourth-order valence-electron chi connectivity index (χ4n) is 3.19. The average Bonchev–Trinajstić information content (AvgIpc) is 2.43. The summed E-state index contributed by atoms with van der Waals surface area (Å²) in [4.78, 5) is 2.97. The number of quaternary nitrogens is 1. The Morgan fingerprint density at radius 1 is 1.14 bits per heavy atom. The summed E-state index contributed by atoms with van der Waals surface area (Å²) in [5, 5.41) is 0.795. The van der Waals surface area contributed by atoms with E-state index in [2.05, 4.69) is 26.0 Å². The Labute approximate surface area is 138 Å². The van der Waals surface area contributed by atoms with Crippen molar-refractivity contribution >= 4 is 23.4 Å². The number of thioether (sulfide) groups is 1. The highest BCUT2D eigenvalue weighted by Gasteiger charge is 2.24. The van der Waals surface area contributed by atoms with Gasteiger partial charge in [-0.05, 0) is 30.7 Å². The molecule has 0 aliphatic carbocycles. The van der Waals surface area contributed by atoms with E-state index in [0.29, 0.717) is 0 Å². The summed E-state index contributed by atoms with van der Waals surface area (Å²) in [6, 6.07) is 8.00. The molecule has 0 amide bonds. The van der Waals surface area contributed by atoms with E-state index in [1.807, 2.05) is 23.9 Å². The van der Waals surface area contributed by atoms with Crippen LogP contribution >= 0.6 is 23.4 Å². The standard InChI is InChI=1S/C17H26ClNOS/c1-14-11-15(2)13-19(12-14)7-8-20-9-10-21-17-5-3-16(18)4-6-17/h3-6,14-15H,7-13H2,1-2H3/p+1/t14-,15-/m1/s1. The highest BCUT2D eigenvalue weighted by molar-refractivity contribution is 7.99. The highest BCUT2D eigenvalue weighted by Crippen LogP contribution is 2.19. The van der Waals surface area contributed by atoms with Crippen LogP contribution in [0.5, 0.6) is 0 Å². The lowest BCUT2D eigenvalue weighted by atomic mass is 9.92. The van der Waals surface area contributed by atoms with Gasteiger partial charge in [-0.25, -0.2) is 0 Å². The summed E-state index contributed by atoms with van der Waals surface area (Å²) < 4.78 is 5.78. The van der Waals surface area contributed by atoms with Gasteiger partial charge in [0.15, 0.2) is 0 Å². The van der Waals surface area contributed by atoms with Crippen molar-refractivity contribution in [3.05, 3.63) is 29.3 Å². The fraction of sp³-hybridized carbons (Fsp3) is 0.647. The smallest absolute Gasteiger partial charge is 0.101 e. The number of rotatable bonds is 7. The summed E-state index contributed by atoms with van der Waals surface area (Å²) in [5.74, 6) is 2.73. The van der Waals surface area contributed by atoms with Gasteiger partial charge in [0, 0.05) is 27.5 Å². The Kier molecular flexibility index (Phi) is 7.38. The molecule has 2 nitrogen and oxygen atoms in total. The van der Waals surface area contributed by atoms with Gasteiger partial charge >= 0.3 is 0 Å². The third kappa shape index (κ3) is 6.60. The molecular formula is C17H27ClNOS+. The first-order valence-electron chi connectivity index (χ1n) is 7.93. The van der Waals surface area contributed by atoms with Crippen LogP contribution in [0.1, 0.15) is 20.3 Å². The van der Waals surface area contributed by atoms with Crippen molar-refractivity contribution in [2.24, 2.45) is 11.8 Å². The van der Waals surface area contributed by atoms with E-state index >= 15 is 0 Å². The minimum absolute atomic E-state index is 0.795. The number of hydrogen-bond donors (Lipinski definition) is 1. The Balaban J connectivity index is 1.53. The average molecular weight is 329 g/mol. The Morgan fingerprint density at radius 3 is 2.48 bits per heavy atom. The monoisotopic (exact) mass is 328 g/mol. The molecule has 1 N–H and O–H groups in total. The molecule has 1 aliphatic rings. The Hall–Kier alpha value is -0.220. The van der Waals surface area contributed by atoms with E-state index in [4.69, 9.17) is 16.3 Å². The van der Waals surface area contributed by atoms with Crippen LogP contribution in [-0.2, 0) is 4.74 Å². The van der Waals surface area contributed by atoms with Crippen LogP contribution in [0.4, 0.5) is 0 Å². The Morgan fingerprint density at radius 2 is 1.81 bits per heavy atom. The second-order valence-electron chi connectivity index (χ2n) is 6.27. The maximum absolute atomic E-state index is 5.87. The zero-order valence-corrected chi connectivity index (χ0v) is 14.7. The number of likely N-dealkylation sites (tertiary alicyclic amines) is 1. The highest BCUT2D eigenvalue weighted by atomic mass is 35.5. The van der Waals surface area contributed by atoms with Crippen LogP contribution < -0.4 is 4.90 Å². The minimum Gasteiger partial charge on any atom is -0.375 e. The summed E-state index contributed by atoms with van der Waals surface area (Å²) in [7, 11) is 0. The van der Waals surface area contributed by atoms with Crippen molar-refractivity contribution in [1.29, 1.82) is 0 Å². The van der Waals surface area contributed by atoms with Gasteiger partial charge in [0.1, 0.15) is 6.54 Å². The molecule has 118 valence electrons. The minimum atomic E-state index is 0.795. The molecule has 1 heterocycles. The van der Waals surface area contributed by atoms with Gasteiger partial charge in [-0.1, -0.05) is 25.4 Å². The maximum atomic E-state index is 5.87. The fourth-order valence-corrected chi connectivity index (χ4v) is 4.09. The normalized spacial score (nSPS) is 26.0. The van der Waals surface area contributed by atoms with Gasteiger partial charge in [-0.15, -0.1) is 11.8 Å². The molecule has 0 bridgehead atoms. The van der Waals surface area contributed by atoms with Crippen molar-refractivity contribution in [2.75, 3.05) is 38.6 Å². The molecule has 0 spiro atoms. The van der Waals surface area contributed by atoms with E-state index in [1.165, 1.54) is 24.4 Å². The molecule has 1 aromatic rings. The SMILES string of the molecule is C[C@@H]1C[C@@H](C)C[NH+](CCOCCSc2ccc(Cl)cc2)C1. The summed E-state index contributed by atoms with van der Waals surface area (Å²) in [5.41, 5.74) is 0. The van der Waals surface area contributed by atoms with E-state index in [9.17, 15) is 0 Å². The number of piperidine rings is 1. The quantitative estimate of drug-likeness (QED) is 0.610. The third-order valence-corrected chi connectivity index (χ3v) is 5.22. The molecule has 1 aromatic carbocycles. The second kappa shape index (κ2) is 9.04. The zero-order chi connectivity index (χ0) is 15.1. The Bertz CT molecular complexity index is 402. The summed E-state index contributed by atoms with van der Waals surface area (Å²) in [6.07, 6.45) is 1.39. The summed E-state index contributed by atoms with van der Waals surface area (Å²) in [6.45, 7) is 10.2. The van der Waals surface area contributed by atoms with Gasteiger partial charge in [0.2, 0.25) is 0 Å². The molecule has 1 fully saturated rings. The van der Waals surface area contributed by atoms with Crippen molar-refractivity contribution in [3.8, 4) is 0 Å².